The smallest absolute Gasteiger partial charge is 0.326 e. The van der Waals surface area contributed by atoms with Crippen LogP contribution in [0.1, 0.15) is 26.3 Å². The highest BCUT2D eigenvalue weighted by atomic mass is 19.1. The fourth-order valence-corrected chi connectivity index (χ4v) is 2.40. The largest absolute Gasteiger partial charge is 0.495 e. The number of aromatic nitrogens is 1. The van der Waals surface area contributed by atoms with E-state index in [0.29, 0.717) is 0 Å². The average molecular weight is 358 g/mol. The van der Waals surface area contributed by atoms with Crippen molar-refractivity contribution in [2.45, 2.75) is 32.9 Å². The van der Waals surface area contributed by atoms with Gasteiger partial charge in [0.05, 0.1) is 24.9 Å². The van der Waals surface area contributed by atoms with Gasteiger partial charge in [-0.3, -0.25) is 9.59 Å². The molecule has 0 saturated heterocycles. The number of benzene rings is 1. The number of pyridine rings is 1. The first-order chi connectivity index (χ1) is 12.1. The minimum Gasteiger partial charge on any atom is -0.495 e. The zero-order valence-corrected chi connectivity index (χ0v) is 15.0. The molecule has 6 nitrogen and oxygen atoms in total. The third-order valence-corrected chi connectivity index (χ3v) is 3.42. The Labute approximate surface area is 150 Å². The highest BCUT2D eigenvalue weighted by molar-refractivity contribution is 5.75. The van der Waals surface area contributed by atoms with Crippen LogP contribution in [-0.2, 0) is 16.1 Å². The van der Waals surface area contributed by atoms with Crippen molar-refractivity contribution in [1.29, 1.82) is 5.26 Å². The molecule has 0 atom stereocenters. The summed E-state index contributed by atoms with van der Waals surface area (Å²) >= 11 is 0. The predicted molar refractivity (Wildman–Crippen MR) is 93.2 cm³/mol. The lowest BCUT2D eigenvalue weighted by Gasteiger charge is -2.20. The van der Waals surface area contributed by atoms with Crippen molar-refractivity contribution in [3.63, 3.8) is 0 Å². The number of hydrogen-bond donors (Lipinski definition) is 0. The van der Waals surface area contributed by atoms with Crippen LogP contribution in [0, 0.1) is 17.1 Å². The molecule has 2 rings (SSSR count). The maximum Gasteiger partial charge on any atom is 0.326 e. The molecule has 7 heteroatoms. The van der Waals surface area contributed by atoms with Gasteiger partial charge in [-0.15, -0.1) is 0 Å². The van der Waals surface area contributed by atoms with Crippen molar-refractivity contribution in [2.24, 2.45) is 0 Å². The maximum atomic E-state index is 13.6. The third-order valence-electron chi connectivity index (χ3n) is 3.42. The Balaban J connectivity index is 2.49. The number of hydrogen-bond acceptors (Lipinski definition) is 5. The molecule has 0 radical (unpaired) electrons. The molecule has 0 aliphatic heterocycles. The molecular weight excluding hydrogens is 339 g/mol. The summed E-state index contributed by atoms with van der Waals surface area (Å²) in [7, 11) is 1.38. The molecule has 1 heterocycles. The normalized spacial score (nSPS) is 10.9. The molecule has 1 aromatic carbocycles. The molecule has 0 amide bonds. The second-order valence-electron chi connectivity index (χ2n) is 6.61. The van der Waals surface area contributed by atoms with Gasteiger partial charge < -0.3 is 14.0 Å². The van der Waals surface area contributed by atoms with E-state index in [-0.39, 0.29) is 29.0 Å². The standard InChI is InChI=1S/C19H19FN2O4/c1-19(2,3)26-18(24)11-22-10-16(25-4)15(8-17(22)23)14-7-13(20)6-5-12(14)9-21/h5-8,10H,11H2,1-4H3. The van der Waals surface area contributed by atoms with Gasteiger partial charge in [-0.2, -0.15) is 5.26 Å². The number of ether oxygens (including phenoxy) is 2. The van der Waals surface area contributed by atoms with Gasteiger partial charge >= 0.3 is 5.97 Å². The molecule has 0 bridgehead atoms. The third kappa shape index (κ3) is 4.48. The van der Waals surface area contributed by atoms with Gasteiger partial charge in [0, 0.05) is 17.2 Å². The van der Waals surface area contributed by atoms with Crippen LogP contribution >= 0.6 is 0 Å². The predicted octanol–water partition coefficient (Wildman–Crippen LogP) is 2.88. The summed E-state index contributed by atoms with van der Waals surface area (Å²) in [6.45, 7) is 4.89. The zero-order valence-electron chi connectivity index (χ0n) is 15.0. The van der Waals surface area contributed by atoms with Crippen molar-refractivity contribution < 1.29 is 18.7 Å². The molecule has 1 aromatic heterocycles. The molecule has 0 aliphatic carbocycles. The fourth-order valence-electron chi connectivity index (χ4n) is 2.40. The summed E-state index contributed by atoms with van der Waals surface area (Å²) in [5.74, 6) is -0.882. The molecule has 2 aromatic rings. The van der Waals surface area contributed by atoms with Crippen molar-refractivity contribution >= 4 is 5.97 Å². The molecule has 0 saturated carbocycles. The number of carbonyl (C=O) groups is 1. The van der Waals surface area contributed by atoms with Gasteiger partial charge in [0.2, 0.25) is 0 Å². The average Bonchev–Trinajstić information content (AvgIpc) is 2.54. The summed E-state index contributed by atoms with van der Waals surface area (Å²) in [5, 5.41) is 9.23. The Morgan fingerprint density at radius 3 is 2.54 bits per heavy atom. The lowest BCUT2D eigenvalue weighted by Crippen LogP contribution is -2.30. The molecule has 0 aliphatic rings. The quantitative estimate of drug-likeness (QED) is 0.785. The van der Waals surface area contributed by atoms with Crippen molar-refractivity contribution in [3.8, 4) is 22.9 Å². The minimum atomic E-state index is -0.673. The summed E-state index contributed by atoms with van der Waals surface area (Å²) in [4.78, 5) is 24.4. The monoisotopic (exact) mass is 358 g/mol. The molecule has 136 valence electrons. The maximum absolute atomic E-state index is 13.6. The lowest BCUT2D eigenvalue weighted by molar-refractivity contribution is -0.155. The Hall–Kier alpha value is -3.14. The summed E-state index contributed by atoms with van der Waals surface area (Å²) in [6.07, 6.45) is 1.34. The van der Waals surface area contributed by atoms with Crippen LogP contribution in [-0.4, -0.2) is 23.2 Å². The topological polar surface area (TPSA) is 81.3 Å². The van der Waals surface area contributed by atoms with Crippen LogP contribution in [0.3, 0.4) is 0 Å². The highest BCUT2D eigenvalue weighted by Crippen LogP contribution is 2.31. The Morgan fingerprint density at radius 1 is 1.27 bits per heavy atom. The fraction of sp³-hybridized carbons (Fsp3) is 0.316. The van der Waals surface area contributed by atoms with E-state index < -0.39 is 22.9 Å². The number of nitriles is 1. The summed E-state index contributed by atoms with van der Waals surface area (Å²) in [5.41, 5.74) is -0.456. The van der Waals surface area contributed by atoms with Crippen LogP contribution in [0.4, 0.5) is 4.39 Å². The van der Waals surface area contributed by atoms with Gasteiger partial charge in [0.25, 0.3) is 5.56 Å². The van der Waals surface area contributed by atoms with Gasteiger partial charge in [-0.25, -0.2) is 4.39 Å². The first-order valence-corrected chi connectivity index (χ1v) is 7.85. The number of carbonyl (C=O) groups excluding carboxylic acids is 1. The zero-order chi connectivity index (χ0) is 19.5. The van der Waals surface area contributed by atoms with Crippen LogP contribution in [0.5, 0.6) is 5.75 Å². The van der Waals surface area contributed by atoms with Gasteiger partial charge in [-0.1, -0.05) is 0 Å². The number of methoxy groups -OCH3 is 1. The molecule has 26 heavy (non-hydrogen) atoms. The minimum absolute atomic E-state index is 0.203. The van der Waals surface area contributed by atoms with Gasteiger partial charge in [0.1, 0.15) is 23.7 Å². The Kier molecular flexibility index (Phi) is 5.46. The van der Waals surface area contributed by atoms with Crippen LogP contribution < -0.4 is 10.3 Å². The number of esters is 1. The van der Waals surface area contributed by atoms with E-state index in [1.165, 1.54) is 25.4 Å². The molecule has 0 fully saturated rings. The van der Waals surface area contributed by atoms with E-state index in [1.807, 2.05) is 6.07 Å². The molecule has 0 spiro atoms. The summed E-state index contributed by atoms with van der Waals surface area (Å²) in [6, 6.07) is 6.82. The second-order valence-corrected chi connectivity index (χ2v) is 6.61. The molecule has 0 N–H and O–H groups in total. The summed E-state index contributed by atoms with van der Waals surface area (Å²) < 4.78 is 25.2. The molecule has 0 unspecified atom stereocenters. The van der Waals surface area contributed by atoms with Gasteiger partial charge in [-0.05, 0) is 39.0 Å². The van der Waals surface area contributed by atoms with Crippen LogP contribution in [0.15, 0.2) is 35.3 Å². The second kappa shape index (κ2) is 7.40. The van der Waals surface area contributed by atoms with E-state index in [0.717, 1.165) is 16.7 Å². The van der Waals surface area contributed by atoms with E-state index in [4.69, 9.17) is 9.47 Å². The van der Waals surface area contributed by atoms with E-state index in [1.54, 1.807) is 20.8 Å². The van der Waals surface area contributed by atoms with Crippen LogP contribution in [0.25, 0.3) is 11.1 Å². The van der Waals surface area contributed by atoms with Gasteiger partial charge in [0.15, 0.2) is 0 Å². The number of nitrogens with zero attached hydrogens (tertiary/aromatic N) is 2. The number of rotatable bonds is 4. The van der Waals surface area contributed by atoms with E-state index >= 15 is 0 Å². The van der Waals surface area contributed by atoms with Crippen LogP contribution in [0.2, 0.25) is 0 Å². The van der Waals surface area contributed by atoms with Crippen molar-refractivity contribution in [2.75, 3.05) is 7.11 Å². The SMILES string of the molecule is COc1cn(CC(=O)OC(C)(C)C)c(=O)cc1-c1cc(F)ccc1C#N. The van der Waals surface area contributed by atoms with Crippen molar-refractivity contribution in [3.05, 3.63) is 52.2 Å². The first kappa shape index (κ1) is 19.2. The Morgan fingerprint density at radius 2 is 1.96 bits per heavy atom. The lowest BCUT2D eigenvalue weighted by atomic mass is 10.0. The highest BCUT2D eigenvalue weighted by Gasteiger charge is 2.19. The Bertz CT molecular complexity index is 936. The molecular formula is C19H19FN2O4. The van der Waals surface area contributed by atoms with Crippen molar-refractivity contribution in [1.82, 2.24) is 4.57 Å². The number of halogens is 1. The first-order valence-electron chi connectivity index (χ1n) is 7.85. The van der Waals surface area contributed by atoms with E-state index in [9.17, 15) is 19.2 Å². The van der Waals surface area contributed by atoms with E-state index in [2.05, 4.69) is 0 Å².